The lowest BCUT2D eigenvalue weighted by molar-refractivity contribution is 0.0922. The van der Waals surface area contributed by atoms with E-state index in [9.17, 15) is 4.79 Å². The van der Waals surface area contributed by atoms with Crippen molar-refractivity contribution in [3.63, 3.8) is 0 Å². The van der Waals surface area contributed by atoms with E-state index in [2.05, 4.69) is 40.5 Å². The van der Waals surface area contributed by atoms with Crippen LogP contribution in [-0.4, -0.2) is 21.9 Å². The highest BCUT2D eigenvalue weighted by atomic mass is 16.1. The van der Waals surface area contributed by atoms with Gasteiger partial charge < -0.3 is 10.6 Å². The molecule has 0 atom stereocenters. The number of nitrogens with one attached hydrogen (secondary N) is 2. The third kappa shape index (κ3) is 4.35. The first-order valence-corrected chi connectivity index (χ1v) is 9.03. The number of hydrogen-bond donors (Lipinski definition) is 2. The van der Waals surface area contributed by atoms with Gasteiger partial charge in [0.05, 0.1) is 0 Å². The number of benzene rings is 1. The maximum Gasteiger partial charge on any atom is 0.270 e. The third-order valence-electron chi connectivity index (χ3n) is 4.88. The first-order valence-electron chi connectivity index (χ1n) is 9.03. The van der Waals surface area contributed by atoms with Gasteiger partial charge in [-0.25, -0.2) is 9.97 Å². The zero-order chi connectivity index (χ0) is 17.8. The molecule has 5 heteroatoms. The molecule has 1 aromatic carbocycles. The highest BCUT2D eigenvalue weighted by Crippen LogP contribution is 2.22. The topological polar surface area (TPSA) is 66.9 Å². The van der Waals surface area contributed by atoms with E-state index in [1.54, 1.807) is 6.07 Å². The van der Waals surface area contributed by atoms with Crippen LogP contribution in [0.15, 0.2) is 24.3 Å². The average Bonchev–Trinajstić information content (AvgIpc) is 2.59. The Labute approximate surface area is 149 Å². The third-order valence-corrected chi connectivity index (χ3v) is 4.88. The molecule has 1 aliphatic rings. The molecule has 0 bridgehead atoms. The average molecular weight is 338 g/mol. The molecule has 0 spiro atoms. The molecule has 25 heavy (non-hydrogen) atoms. The van der Waals surface area contributed by atoms with Gasteiger partial charge in [-0.3, -0.25) is 4.79 Å². The summed E-state index contributed by atoms with van der Waals surface area (Å²) in [6, 6.07) is 8.08. The number of carbonyl (C=O) groups is 1. The van der Waals surface area contributed by atoms with Crippen LogP contribution in [0.2, 0.25) is 0 Å². The van der Waals surface area contributed by atoms with Gasteiger partial charge in [0, 0.05) is 17.4 Å². The second-order valence-electron chi connectivity index (χ2n) is 6.90. The van der Waals surface area contributed by atoms with Gasteiger partial charge in [-0.05, 0) is 56.9 Å². The molecule has 0 aliphatic heterocycles. The summed E-state index contributed by atoms with van der Waals surface area (Å²) < 4.78 is 0. The smallest absolute Gasteiger partial charge is 0.270 e. The van der Waals surface area contributed by atoms with Gasteiger partial charge in [-0.15, -0.1) is 0 Å². The fourth-order valence-corrected chi connectivity index (χ4v) is 3.25. The number of nitrogens with zero attached hydrogens (tertiary/aromatic N) is 2. The van der Waals surface area contributed by atoms with Crippen LogP contribution in [0, 0.1) is 20.8 Å². The minimum Gasteiger partial charge on any atom is -0.348 e. The Morgan fingerprint density at radius 3 is 2.60 bits per heavy atom. The van der Waals surface area contributed by atoms with E-state index in [1.165, 1.54) is 24.8 Å². The monoisotopic (exact) mass is 338 g/mol. The van der Waals surface area contributed by atoms with Crippen LogP contribution in [0.4, 0.5) is 11.6 Å². The SMILES string of the molecule is Cc1cc(C(=O)NC2CCCCC2)nc(Nc2cccc(C)c2C)n1. The number of carbonyl (C=O) groups excluding carboxylic acids is 1. The summed E-state index contributed by atoms with van der Waals surface area (Å²) >= 11 is 0. The summed E-state index contributed by atoms with van der Waals surface area (Å²) in [6.07, 6.45) is 5.76. The molecule has 1 amide bonds. The largest absolute Gasteiger partial charge is 0.348 e. The second kappa shape index (κ2) is 7.64. The highest BCUT2D eigenvalue weighted by Gasteiger charge is 2.18. The lowest BCUT2D eigenvalue weighted by Crippen LogP contribution is -2.36. The fraction of sp³-hybridized carbons (Fsp3) is 0.450. The molecule has 0 radical (unpaired) electrons. The van der Waals surface area contributed by atoms with Crippen molar-refractivity contribution in [1.29, 1.82) is 0 Å². The Hall–Kier alpha value is -2.43. The first-order chi connectivity index (χ1) is 12.0. The molecule has 0 saturated heterocycles. The van der Waals surface area contributed by atoms with Gasteiger partial charge in [-0.1, -0.05) is 31.4 Å². The van der Waals surface area contributed by atoms with Gasteiger partial charge in [0.15, 0.2) is 0 Å². The summed E-state index contributed by atoms with van der Waals surface area (Å²) in [5.41, 5.74) is 4.51. The second-order valence-corrected chi connectivity index (χ2v) is 6.90. The number of rotatable bonds is 4. The summed E-state index contributed by atoms with van der Waals surface area (Å²) in [5.74, 6) is 0.351. The van der Waals surface area contributed by atoms with Crippen LogP contribution in [-0.2, 0) is 0 Å². The molecule has 0 unspecified atom stereocenters. The normalized spacial score (nSPS) is 15.0. The molecule has 2 N–H and O–H groups in total. The van der Waals surface area contributed by atoms with Crippen molar-refractivity contribution in [2.24, 2.45) is 0 Å². The van der Waals surface area contributed by atoms with Crippen LogP contribution < -0.4 is 10.6 Å². The summed E-state index contributed by atoms with van der Waals surface area (Å²) in [6.45, 7) is 6.01. The standard InChI is InChI=1S/C20H26N4O/c1-13-8-7-11-17(15(13)3)23-20-21-14(2)12-18(24-20)19(25)22-16-9-5-4-6-10-16/h7-8,11-12,16H,4-6,9-10H2,1-3H3,(H,22,25)(H,21,23,24). The van der Waals surface area contributed by atoms with Crippen molar-refractivity contribution in [2.75, 3.05) is 5.32 Å². The minimum absolute atomic E-state index is 0.110. The van der Waals surface area contributed by atoms with E-state index in [-0.39, 0.29) is 11.9 Å². The zero-order valence-corrected chi connectivity index (χ0v) is 15.2. The molecular formula is C20H26N4O. The van der Waals surface area contributed by atoms with E-state index >= 15 is 0 Å². The molecule has 1 aliphatic carbocycles. The Bertz CT molecular complexity index is 766. The Kier molecular flexibility index (Phi) is 5.31. The maximum absolute atomic E-state index is 12.6. The molecule has 5 nitrogen and oxygen atoms in total. The van der Waals surface area contributed by atoms with E-state index < -0.39 is 0 Å². The van der Waals surface area contributed by atoms with Gasteiger partial charge >= 0.3 is 0 Å². The van der Waals surface area contributed by atoms with Crippen LogP contribution >= 0.6 is 0 Å². The molecule has 132 valence electrons. The minimum atomic E-state index is -0.110. The Morgan fingerprint density at radius 2 is 1.84 bits per heavy atom. The van der Waals surface area contributed by atoms with Crippen molar-refractivity contribution in [1.82, 2.24) is 15.3 Å². The fourth-order valence-electron chi connectivity index (χ4n) is 3.25. The van der Waals surface area contributed by atoms with Gasteiger partial charge in [-0.2, -0.15) is 0 Å². The Morgan fingerprint density at radius 1 is 1.08 bits per heavy atom. The molecule has 1 aromatic heterocycles. The summed E-state index contributed by atoms with van der Waals surface area (Å²) in [5, 5.41) is 6.37. The maximum atomic E-state index is 12.6. The molecule has 1 saturated carbocycles. The van der Waals surface area contributed by atoms with Gasteiger partial charge in [0.25, 0.3) is 5.91 Å². The van der Waals surface area contributed by atoms with E-state index in [4.69, 9.17) is 0 Å². The van der Waals surface area contributed by atoms with Crippen molar-refractivity contribution >= 4 is 17.5 Å². The van der Waals surface area contributed by atoms with Gasteiger partial charge in [0.2, 0.25) is 5.95 Å². The summed E-state index contributed by atoms with van der Waals surface area (Å²) in [7, 11) is 0. The summed E-state index contributed by atoms with van der Waals surface area (Å²) in [4.78, 5) is 21.4. The highest BCUT2D eigenvalue weighted by molar-refractivity contribution is 5.92. The predicted molar refractivity (Wildman–Crippen MR) is 100 cm³/mol. The number of amides is 1. The number of aromatic nitrogens is 2. The van der Waals surface area contributed by atoms with Crippen LogP contribution in [0.1, 0.15) is 59.4 Å². The predicted octanol–water partition coefficient (Wildman–Crippen LogP) is 4.21. The number of hydrogen-bond acceptors (Lipinski definition) is 4. The van der Waals surface area contributed by atoms with Gasteiger partial charge in [0.1, 0.15) is 5.69 Å². The van der Waals surface area contributed by atoms with Crippen molar-refractivity contribution in [3.8, 4) is 0 Å². The zero-order valence-electron chi connectivity index (χ0n) is 15.2. The van der Waals surface area contributed by atoms with E-state index in [0.717, 1.165) is 29.8 Å². The van der Waals surface area contributed by atoms with Crippen LogP contribution in [0.25, 0.3) is 0 Å². The van der Waals surface area contributed by atoms with Crippen molar-refractivity contribution in [2.45, 2.75) is 58.9 Å². The molecule has 1 heterocycles. The Balaban J connectivity index is 1.77. The van der Waals surface area contributed by atoms with Crippen LogP contribution in [0.3, 0.4) is 0 Å². The van der Waals surface area contributed by atoms with Crippen LogP contribution in [0.5, 0.6) is 0 Å². The lowest BCUT2D eigenvalue weighted by Gasteiger charge is -2.22. The molecular weight excluding hydrogens is 312 g/mol. The van der Waals surface area contributed by atoms with E-state index in [1.807, 2.05) is 19.1 Å². The van der Waals surface area contributed by atoms with Crippen molar-refractivity contribution in [3.05, 3.63) is 46.8 Å². The first kappa shape index (κ1) is 17.4. The molecule has 1 fully saturated rings. The quantitative estimate of drug-likeness (QED) is 0.876. The molecule has 2 aromatic rings. The number of aryl methyl sites for hydroxylation is 2. The van der Waals surface area contributed by atoms with Crippen molar-refractivity contribution < 1.29 is 4.79 Å². The lowest BCUT2D eigenvalue weighted by atomic mass is 9.95. The number of anilines is 2. The van der Waals surface area contributed by atoms with E-state index in [0.29, 0.717) is 11.6 Å². The molecule has 3 rings (SSSR count).